The van der Waals surface area contributed by atoms with E-state index in [1.165, 1.54) is 0 Å². The van der Waals surface area contributed by atoms with Crippen molar-refractivity contribution in [2.45, 2.75) is 12.3 Å². The van der Waals surface area contributed by atoms with Gasteiger partial charge in [0.25, 0.3) is 5.56 Å². The van der Waals surface area contributed by atoms with Gasteiger partial charge >= 0.3 is 5.69 Å². The monoisotopic (exact) mass is 297 g/mol. The van der Waals surface area contributed by atoms with E-state index in [2.05, 4.69) is 15.0 Å². The van der Waals surface area contributed by atoms with Crippen LogP contribution in [-0.2, 0) is 4.74 Å². The average Bonchev–Trinajstić information content (AvgIpc) is 2.89. The van der Waals surface area contributed by atoms with Crippen molar-refractivity contribution in [2.75, 3.05) is 12.3 Å². The number of imidazole rings is 1. The van der Waals surface area contributed by atoms with Gasteiger partial charge in [-0.15, -0.1) is 0 Å². The Morgan fingerprint density at radius 3 is 2.71 bits per heavy atom. The number of hydrogen-bond donors (Lipinski definition) is 6. The molecule has 3 rings (SSSR count). The van der Waals surface area contributed by atoms with Crippen LogP contribution in [0.5, 0.6) is 0 Å². The zero-order chi connectivity index (χ0) is 15.3. The molecule has 0 amide bonds. The fourth-order valence-corrected chi connectivity index (χ4v) is 2.15. The van der Waals surface area contributed by atoms with Gasteiger partial charge in [0.05, 0.1) is 0 Å². The normalized spacial score (nSPS) is 22.0. The predicted octanol–water partition coefficient (Wildman–Crippen LogP) is -2.35. The number of hydrogen-bond acceptors (Lipinski definition) is 8. The van der Waals surface area contributed by atoms with E-state index in [0.717, 1.165) is 4.57 Å². The number of nitrogens with one attached hydrogen (secondary N) is 2. The highest BCUT2D eigenvalue weighted by Crippen LogP contribution is 2.31. The molecule has 0 bridgehead atoms. The Morgan fingerprint density at radius 2 is 2.10 bits per heavy atom. The lowest BCUT2D eigenvalue weighted by molar-refractivity contribution is -0.0138. The maximum absolute atomic E-state index is 12.0. The van der Waals surface area contributed by atoms with Gasteiger partial charge in [0.2, 0.25) is 12.2 Å². The summed E-state index contributed by atoms with van der Waals surface area (Å²) in [5.74, 6) is -1.10. The molecule has 2 aromatic heterocycles. The third-order valence-corrected chi connectivity index (χ3v) is 3.09. The lowest BCUT2D eigenvalue weighted by Gasteiger charge is -2.16. The molecule has 1 unspecified atom stereocenters. The Morgan fingerprint density at radius 1 is 1.38 bits per heavy atom. The highest BCUT2D eigenvalue weighted by atomic mass is 16.5. The van der Waals surface area contributed by atoms with Gasteiger partial charge in [0, 0.05) is 0 Å². The predicted molar refractivity (Wildman–Crippen MR) is 68.3 cm³/mol. The maximum Gasteiger partial charge on any atom is 0.330 e. The van der Waals surface area contributed by atoms with Crippen molar-refractivity contribution in [1.29, 1.82) is 0 Å². The molecular weight excluding hydrogens is 286 g/mol. The minimum atomic E-state index is -1.59. The zero-order valence-corrected chi connectivity index (χ0v) is 10.4. The highest BCUT2D eigenvalue weighted by Gasteiger charge is 2.39. The minimum Gasteiger partial charge on any atom is -0.506 e. The molecule has 2 aromatic rings. The smallest absolute Gasteiger partial charge is 0.330 e. The Labute approximate surface area is 114 Å². The van der Waals surface area contributed by atoms with E-state index < -0.39 is 35.9 Å². The van der Waals surface area contributed by atoms with Gasteiger partial charge in [-0.2, -0.15) is 4.98 Å². The van der Waals surface area contributed by atoms with E-state index in [1.54, 1.807) is 0 Å². The maximum atomic E-state index is 12.0. The third-order valence-electron chi connectivity index (χ3n) is 3.09. The number of aromatic nitrogens is 4. The zero-order valence-electron chi connectivity index (χ0n) is 10.4. The van der Waals surface area contributed by atoms with E-state index >= 15 is 0 Å². The van der Waals surface area contributed by atoms with Gasteiger partial charge in [-0.05, 0) is 0 Å². The molecular formula is C10H11N5O6. The molecule has 2 atom stereocenters. The number of fused-ring (bicyclic) bond motifs is 1. The summed E-state index contributed by atoms with van der Waals surface area (Å²) in [5, 5.41) is 28.5. The number of nitrogens with two attached hydrogens (primary N) is 1. The van der Waals surface area contributed by atoms with Crippen molar-refractivity contribution in [3.05, 3.63) is 32.4 Å². The number of aromatic amines is 2. The van der Waals surface area contributed by atoms with Crippen molar-refractivity contribution >= 4 is 17.1 Å². The van der Waals surface area contributed by atoms with Crippen LogP contribution in [0.3, 0.4) is 0 Å². The van der Waals surface area contributed by atoms with E-state index in [9.17, 15) is 19.8 Å². The summed E-state index contributed by atoms with van der Waals surface area (Å²) in [6.07, 6.45) is -2.96. The highest BCUT2D eigenvalue weighted by molar-refractivity contribution is 5.70. The van der Waals surface area contributed by atoms with Crippen LogP contribution in [0.1, 0.15) is 6.23 Å². The van der Waals surface area contributed by atoms with E-state index in [1.807, 2.05) is 0 Å². The minimum absolute atomic E-state index is 0.141. The molecule has 1 aliphatic heterocycles. The van der Waals surface area contributed by atoms with Gasteiger partial charge < -0.3 is 25.8 Å². The number of ether oxygens (including phenoxy) is 1. The van der Waals surface area contributed by atoms with Crippen LogP contribution in [0.2, 0.25) is 0 Å². The van der Waals surface area contributed by atoms with Gasteiger partial charge in [-0.1, -0.05) is 0 Å². The molecule has 0 saturated heterocycles. The van der Waals surface area contributed by atoms with Crippen molar-refractivity contribution < 1.29 is 20.1 Å². The molecule has 7 N–H and O–H groups in total. The van der Waals surface area contributed by atoms with Crippen LogP contribution in [0.25, 0.3) is 11.2 Å². The van der Waals surface area contributed by atoms with E-state index in [4.69, 9.17) is 15.6 Å². The van der Waals surface area contributed by atoms with Crippen molar-refractivity contribution in [3.8, 4) is 0 Å². The van der Waals surface area contributed by atoms with Crippen molar-refractivity contribution in [3.63, 3.8) is 0 Å². The number of aliphatic hydroxyl groups excluding tert-OH is 3. The lowest BCUT2D eigenvalue weighted by Crippen LogP contribution is -2.30. The second kappa shape index (κ2) is 4.36. The first-order valence-electron chi connectivity index (χ1n) is 5.81. The quantitative estimate of drug-likeness (QED) is 0.356. The molecule has 21 heavy (non-hydrogen) atoms. The first kappa shape index (κ1) is 13.2. The fraction of sp³-hybridized carbons (Fsp3) is 0.300. The fourth-order valence-electron chi connectivity index (χ4n) is 2.15. The van der Waals surface area contributed by atoms with Crippen molar-refractivity contribution in [2.24, 2.45) is 0 Å². The Bertz CT molecular complexity index is 861. The second-order valence-electron chi connectivity index (χ2n) is 4.37. The molecule has 0 spiro atoms. The summed E-state index contributed by atoms with van der Waals surface area (Å²) in [7, 11) is 0. The largest absolute Gasteiger partial charge is 0.506 e. The molecule has 0 saturated carbocycles. The van der Waals surface area contributed by atoms with Gasteiger partial charge in [0.1, 0.15) is 6.61 Å². The van der Waals surface area contributed by atoms with Crippen LogP contribution in [0, 0.1) is 0 Å². The first-order valence-corrected chi connectivity index (χ1v) is 5.81. The standard InChI is InChI=1S/C10H11N5O6/c11-9-13-6-3(7(19)14-9)12-10(20)15(6)8-5(18)4(17)2(1-16)21-8/h5,8,16-18H,1H2,(H,12,20)(H3,11,13,14,19)/t5?,8-/m1/s1. The number of rotatable bonds is 2. The van der Waals surface area contributed by atoms with E-state index in [0.29, 0.717) is 0 Å². The first-order chi connectivity index (χ1) is 9.93. The van der Waals surface area contributed by atoms with Crippen LogP contribution in [0.15, 0.2) is 21.1 Å². The summed E-state index contributed by atoms with van der Waals surface area (Å²) in [6, 6.07) is 0. The Kier molecular flexibility index (Phi) is 2.74. The summed E-state index contributed by atoms with van der Waals surface area (Å²) in [6.45, 7) is -0.660. The lowest BCUT2D eigenvalue weighted by atomic mass is 10.2. The van der Waals surface area contributed by atoms with Crippen LogP contribution >= 0.6 is 0 Å². The van der Waals surface area contributed by atoms with Crippen LogP contribution in [-0.4, -0.2) is 47.5 Å². The number of aliphatic hydroxyl groups is 3. The van der Waals surface area contributed by atoms with Gasteiger partial charge in [0.15, 0.2) is 28.8 Å². The summed E-state index contributed by atoms with van der Waals surface area (Å²) in [5.41, 5.74) is 3.67. The Balaban J connectivity index is 2.21. The summed E-state index contributed by atoms with van der Waals surface area (Å²) in [4.78, 5) is 31.9. The van der Waals surface area contributed by atoms with E-state index in [-0.39, 0.29) is 22.9 Å². The molecule has 11 nitrogen and oxygen atoms in total. The molecule has 3 heterocycles. The molecule has 0 aromatic carbocycles. The van der Waals surface area contributed by atoms with Crippen LogP contribution in [0.4, 0.5) is 5.95 Å². The second-order valence-corrected chi connectivity index (χ2v) is 4.37. The topological polar surface area (TPSA) is 179 Å². The summed E-state index contributed by atoms with van der Waals surface area (Å²) >= 11 is 0. The van der Waals surface area contributed by atoms with Gasteiger partial charge in [-0.25, -0.2) is 9.36 Å². The molecule has 0 aliphatic carbocycles. The SMILES string of the molecule is Nc1nc2c([nH]c(=O)n2[C@@H]2OC(CO)=C(O)C2O)c(=O)[nH]1. The molecule has 112 valence electrons. The number of anilines is 1. The third kappa shape index (κ3) is 1.79. The Hall–Kier alpha value is -2.79. The average molecular weight is 297 g/mol. The molecule has 0 radical (unpaired) electrons. The van der Waals surface area contributed by atoms with Crippen molar-refractivity contribution in [1.82, 2.24) is 19.5 Å². The number of nitrogen functional groups attached to an aromatic ring is 1. The number of H-pyrrole nitrogens is 2. The summed E-state index contributed by atoms with van der Waals surface area (Å²) < 4.78 is 5.97. The van der Waals surface area contributed by atoms with Crippen LogP contribution < -0.4 is 17.0 Å². The number of nitrogens with zero attached hydrogens (tertiary/aromatic N) is 2. The molecule has 11 heteroatoms. The molecule has 1 aliphatic rings. The van der Waals surface area contributed by atoms with Gasteiger partial charge in [-0.3, -0.25) is 14.8 Å². The molecule has 0 fully saturated rings.